The molecule has 4 bridgehead atoms. The first-order valence-corrected chi connectivity index (χ1v) is 11.5. The summed E-state index contributed by atoms with van der Waals surface area (Å²) in [5, 5.41) is 8.45. The lowest BCUT2D eigenvalue weighted by Crippen LogP contribution is -2.48. The van der Waals surface area contributed by atoms with Crippen molar-refractivity contribution in [1.82, 2.24) is 10.3 Å². The Hall–Kier alpha value is -2.21. The van der Waals surface area contributed by atoms with Crippen LogP contribution >= 0.6 is 11.3 Å². The summed E-state index contributed by atoms with van der Waals surface area (Å²) in [5.74, 6) is 2.12. The monoisotopic (exact) mass is 409 g/mol. The van der Waals surface area contributed by atoms with Gasteiger partial charge in [-0.2, -0.15) is 0 Å². The summed E-state index contributed by atoms with van der Waals surface area (Å²) in [6.45, 7) is 1.70. The lowest BCUT2D eigenvalue weighted by atomic mass is 9.49. The van der Waals surface area contributed by atoms with Crippen LogP contribution in [0.1, 0.15) is 61.5 Å². The number of carbonyl (C=O) groups is 2. The van der Waals surface area contributed by atoms with E-state index in [1.54, 1.807) is 31.2 Å². The van der Waals surface area contributed by atoms with Crippen molar-refractivity contribution in [2.75, 3.05) is 5.32 Å². The van der Waals surface area contributed by atoms with E-state index in [0.29, 0.717) is 10.7 Å². The molecule has 1 aromatic carbocycles. The molecular formula is C23H27N3O2S. The third-order valence-electron chi connectivity index (χ3n) is 7.09. The van der Waals surface area contributed by atoms with Crippen LogP contribution in [0.15, 0.2) is 35.7 Å². The number of benzene rings is 1. The van der Waals surface area contributed by atoms with Crippen molar-refractivity contribution in [2.45, 2.75) is 56.9 Å². The Morgan fingerprint density at radius 2 is 1.69 bits per heavy atom. The summed E-state index contributed by atoms with van der Waals surface area (Å²) in [6, 6.07) is 8.31. The molecule has 2 aromatic rings. The smallest absolute Gasteiger partial charge is 0.251 e. The Morgan fingerprint density at radius 1 is 1.07 bits per heavy atom. The van der Waals surface area contributed by atoms with Gasteiger partial charge >= 0.3 is 0 Å². The van der Waals surface area contributed by atoms with Gasteiger partial charge in [-0.1, -0.05) is 18.2 Å². The Balaban J connectivity index is 1.23. The molecule has 1 atom stereocenters. The summed E-state index contributed by atoms with van der Waals surface area (Å²) < 4.78 is 0. The molecule has 1 heterocycles. The molecule has 0 saturated heterocycles. The van der Waals surface area contributed by atoms with Crippen molar-refractivity contribution in [2.24, 2.45) is 17.8 Å². The average molecular weight is 410 g/mol. The number of nitrogens with zero attached hydrogens (tertiary/aromatic N) is 1. The quantitative estimate of drug-likeness (QED) is 0.770. The van der Waals surface area contributed by atoms with E-state index < -0.39 is 6.04 Å². The fourth-order valence-corrected chi connectivity index (χ4v) is 6.98. The SMILES string of the molecule is CC(NC(=O)c1ccccc1)C(=O)Nc1nc(C23CC4CC(CC(C4)C2)C3)cs1. The summed E-state index contributed by atoms with van der Waals surface area (Å²) in [5.41, 5.74) is 1.96. The van der Waals surface area contributed by atoms with Crippen LogP contribution in [0.5, 0.6) is 0 Å². The first-order chi connectivity index (χ1) is 14.0. The van der Waals surface area contributed by atoms with Gasteiger partial charge in [0.15, 0.2) is 5.13 Å². The zero-order valence-electron chi connectivity index (χ0n) is 16.7. The largest absolute Gasteiger partial charge is 0.341 e. The second-order valence-corrected chi connectivity index (χ2v) is 10.1. The van der Waals surface area contributed by atoms with Gasteiger partial charge in [-0.25, -0.2) is 4.98 Å². The highest BCUT2D eigenvalue weighted by Crippen LogP contribution is 2.60. The van der Waals surface area contributed by atoms with Gasteiger partial charge in [0.25, 0.3) is 5.91 Å². The highest BCUT2D eigenvalue weighted by molar-refractivity contribution is 7.14. The van der Waals surface area contributed by atoms with Gasteiger partial charge in [-0.3, -0.25) is 9.59 Å². The molecule has 29 heavy (non-hydrogen) atoms. The second-order valence-electron chi connectivity index (χ2n) is 9.29. The third-order valence-corrected chi connectivity index (χ3v) is 7.85. The van der Waals surface area contributed by atoms with Crippen molar-refractivity contribution in [3.05, 3.63) is 47.0 Å². The van der Waals surface area contributed by atoms with E-state index >= 15 is 0 Å². The summed E-state index contributed by atoms with van der Waals surface area (Å²) in [6.07, 6.45) is 8.02. The topological polar surface area (TPSA) is 71.1 Å². The second kappa shape index (κ2) is 7.24. The third kappa shape index (κ3) is 3.59. The Morgan fingerprint density at radius 3 is 2.31 bits per heavy atom. The Labute approximate surface area is 175 Å². The number of thiazole rings is 1. The number of rotatable bonds is 5. The van der Waals surface area contributed by atoms with Crippen LogP contribution in [0, 0.1) is 17.8 Å². The maximum Gasteiger partial charge on any atom is 0.251 e. The number of nitrogens with one attached hydrogen (secondary N) is 2. The number of aromatic nitrogens is 1. The average Bonchev–Trinajstić information content (AvgIpc) is 3.17. The predicted octanol–water partition coefficient (Wildman–Crippen LogP) is 4.37. The lowest BCUT2D eigenvalue weighted by molar-refractivity contribution is -0.117. The van der Waals surface area contributed by atoms with E-state index in [4.69, 9.17) is 4.98 Å². The van der Waals surface area contributed by atoms with Gasteiger partial charge in [0, 0.05) is 16.4 Å². The lowest BCUT2D eigenvalue weighted by Gasteiger charge is -2.56. The molecule has 5 nitrogen and oxygen atoms in total. The van der Waals surface area contributed by atoms with Gasteiger partial charge in [0.05, 0.1) is 5.69 Å². The van der Waals surface area contributed by atoms with E-state index in [1.165, 1.54) is 55.6 Å². The van der Waals surface area contributed by atoms with E-state index in [1.807, 2.05) is 6.07 Å². The molecule has 4 saturated carbocycles. The van der Waals surface area contributed by atoms with Crippen LogP contribution in [0.2, 0.25) is 0 Å². The van der Waals surface area contributed by atoms with Gasteiger partial charge < -0.3 is 10.6 Å². The first-order valence-electron chi connectivity index (χ1n) is 10.6. The van der Waals surface area contributed by atoms with E-state index in [9.17, 15) is 9.59 Å². The molecule has 1 aromatic heterocycles. The van der Waals surface area contributed by atoms with Crippen LogP contribution in [0.3, 0.4) is 0 Å². The van der Waals surface area contributed by atoms with Crippen LogP contribution in [0.4, 0.5) is 5.13 Å². The standard InChI is InChI=1S/C23H27N3O2S/c1-14(24-21(28)18-5-3-2-4-6-18)20(27)26-22-25-19(13-29-22)23-10-15-7-16(11-23)9-17(8-15)12-23/h2-6,13-17H,7-12H2,1H3,(H,24,28)(H,25,26,27). The molecular weight excluding hydrogens is 382 g/mol. The number of amides is 2. The van der Waals surface area contributed by atoms with Crippen molar-refractivity contribution in [1.29, 1.82) is 0 Å². The summed E-state index contributed by atoms with van der Waals surface area (Å²) in [4.78, 5) is 29.7. The molecule has 4 aliphatic carbocycles. The molecule has 2 amide bonds. The van der Waals surface area contributed by atoms with Crippen LogP contribution < -0.4 is 10.6 Å². The van der Waals surface area contributed by atoms with Crippen LogP contribution in [-0.2, 0) is 10.2 Å². The molecule has 1 unspecified atom stereocenters. The van der Waals surface area contributed by atoms with Crippen molar-refractivity contribution >= 4 is 28.3 Å². The van der Waals surface area contributed by atoms with Crippen molar-refractivity contribution < 1.29 is 9.59 Å². The molecule has 6 heteroatoms. The highest BCUT2D eigenvalue weighted by atomic mass is 32.1. The zero-order valence-corrected chi connectivity index (χ0v) is 17.5. The predicted molar refractivity (Wildman–Crippen MR) is 114 cm³/mol. The summed E-state index contributed by atoms with van der Waals surface area (Å²) in [7, 11) is 0. The minimum Gasteiger partial charge on any atom is -0.341 e. The van der Waals surface area contributed by atoms with Gasteiger partial charge in [-0.05, 0) is 75.3 Å². The maximum atomic E-state index is 12.6. The van der Waals surface area contributed by atoms with E-state index in [0.717, 1.165) is 17.8 Å². The molecule has 0 aliphatic heterocycles. The normalized spacial score (nSPS) is 30.7. The minimum atomic E-state index is -0.630. The molecule has 2 N–H and O–H groups in total. The number of anilines is 1. The van der Waals surface area contributed by atoms with Gasteiger partial charge in [0.2, 0.25) is 5.91 Å². The number of hydrogen-bond donors (Lipinski definition) is 2. The Bertz CT molecular complexity index is 888. The van der Waals surface area contributed by atoms with Crippen molar-refractivity contribution in [3.63, 3.8) is 0 Å². The molecule has 0 spiro atoms. The maximum absolute atomic E-state index is 12.6. The van der Waals surface area contributed by atoms with Gasteiger partial charge in [-0.15, -0.1) is 11.3 Å². The fraction of sp³-hybridized carbons (Fsp3) is 0.522. The molecule has 6 rings (SSSR count). The number of carbonyl (C=O) groups excluding carboxylic acids is 2. The molecule has 4 aliphatic rings. The van der Waals surface area contributed by atoms with Crippen LogP contribution in [-0.4, -0.2) is 22.8 Å². The molecule has 0 radical (unpaired) electrons. The van der Waals surface area contributed by atoms with Crippen molar-refractivity contribution in [3.8, 4) is 0 Å². The first kappa shape index (κ1) is 18.8. The zero-order chi connectivity index (χ0) is 20.0. The number of hydrogen-bond acceptors (Lipinski definition) is 4. The molecule has 4 fully saturated rings. The highest BCUT2D eigenvalue weighted by Gasteiger charge is 2.52. The van der Waals surface area contributed by atoms with E-state index in [-0.39, 0.29) is 17.2 Å². The summed E-state index contributed by atoms with van der Waals surface area (Å²) >= 11 is 1.50. The van der Waals surface area contributed by atoms with Crippen LogP contribution in [0.25, 0.3) is 0 Å². The minimum absolute atomic E-state index is 0.235. The molecule has 152 valence electrons. The Kier molecular flexibility index (Phi) is 4.69. The van der Waals surface area contributed by atoms with Gasteiger partial charge in [0.1, 0.15) is 6.04 Å². The fourth-order valence-electron chi connectivity index (χ4n) is 6.15. The van der Waals surface area contributed by atoms with E-state index in [2.05, 4.69) is 16.0 Å².